The number of nitrogens with one attached hydrogen (secondary N) is 1. The lowest BCUT2D eigenvalue weighted by Gasteiger charge is -2.23. The Hall–Kier alpha value is -1.25. The van der Waals surface area contributed by atoms with Crippen LogP contribution in [0, 0.1) is 0 Å². The Bertz CT molecular complexity index is 333. The van der Waals surface area contributed by atoms with Gasteiger partial charge in [-0.05, 0) is 47.0 Å². The molecule has 1 aliphatic rings. The molecular weight excluding hydrogens is 214 g/mol. The molecule has 0 radical (unpaired) electrons. The van der Waals surface area contributed by atoms with Crippen LogP contribution in [0.5, 0.6) is 0 Å². The molecule has 0 aliphatic heterocycles. The van der Waals surface area contributed by atoms with Crippen molar-refractivity contribution in [2.45, 2.75) is 58.1 Å². The third-order valence-electron chi connectivity index (χ3n) is 2.59. The van der Waals surface area contributed by atoms with E-state index in [0.29, 0.717) is 0 Å². The number of rotatable bonds is 4. The molecular formula is C14H23NO2. The molecule has 1 fully saturated rings. The lowest BCUT2D eigenvalue weighted by molar-refractivity contribution is 0.0497. The predicted molar refractivity (Wildman–Crippen MR) is 69.9 cm³/mol. The molecule has 0 saturated heterocycles. The van der Waals surface area contributed by atoms with Crippen LogP contribution in [0.4, 0.5) is 4.79 Å². The van der Waals surface area contributed by atoms with Gasteiger partial charge in [-0.2, -0.15) is 0 Å². The van der Waals surface area contributed by atoms with Gasteiger partial charge in [0.2, 0.25) is 0 Å². The summed E-state index contributed by atoms with van der Waals surface area (Å²) in [4.78, 5) is 11.7. The van der Waals surface area contributed by atoms with Crippen LogP contribution in [-0.4, -0.2) is 17.2 Å². The summed E-state index contributed by atoms with van der Waals surface area (Å²) in [6.07, 6.45) is 6.42. The highest BCUT2D eigenvalue weighted by Gasteiger charge is 2.44. The first kappa shape index (κ1) is 13.8. The third kappa shape index (κ3) is 5.07. The minimum atomic E-state index is -0.444. The second-order valence-electron chi connectivity index (χ2n) is 5.74. The van der Waals surface area contributed by atoms with E-state index in [0.717, 1.165) is 24.8 Å². The summed E-state index contributed by atoms with van der Waals surface area (Å²) < 4.78 is 5.26. The van der Waals surface area contributed by atoms with Gasteiger partial charge in [0.25, 0.3) is 0 Å². The van der Waals surface area contributed by atoms with Gasteiger partial charge in [-0.1, -0.05) is 24.3 Å². The van der Waals surface area contributed by atoms with Crippen LogP contribution < -0.4 is 5.32 Å². The lowest BCUT2D eigenvalue weighted by Crippen LogP contribution is -2.40. The zero-order valence-electron chi connectivity index (χ0n) is 11.3. The first-order valence-corrected chi connectivity index (χ1v) is 6.08. The molecule has 1 rings (SSSR count). The zero-order chi connectivity index (χ0) is 13.1. The van der Waals surface area contributed by atoms with Crippen LogP contribution in [-0.2, 0) is 4.74 Å². The van der Waals surface area contributed by atoms with E-state index < -0.39 is 5.60 Å². The highest BCUT2D eigenvalue weighted by molar-refractivity contribution is 5.69. The standard InChI is InChI=1S/C14H23NO2/c1-6-7-11(2)10-14(8-9-14)15-12(16)17-13(3,4)5/h6-7H,2,8-10H2,1,3-5H3,(H,15,16). The SMILES string of the molecule is C=C(C=CC)CC1(NC(=O)OC(C)(C)C)CC1. The van der Waals surface area contributed by atoms with Gasteiger partial charge in [0.1, 0.15) is 5.60 Å². The van der Waals surface area contributed by atoms with Crippen LogP contribution in [0.3, 0.4) is 0 Å². The van der Waals surface area contributed by atoms with Gasteiger partial charge >= 0.3 is 6.09 Å². The van der Waals surface area contributed by atoms with Crippen LogP contribution in [0.25, 0.3) is 0 Å². The van der Waals surface area contributed by atoms with Crippen LogP contribution in [0.2, 0.25) is 0 Å². The number of ether oxygens (including phenoxy) is 1. The number of carbonyl (C=O) groups is 1. The first-order valence-electron chi connectivity index (χ1n) is 6.08. The minimum Gasteiger partial charge on any atom is -0.444 e. The Labute approximate surface area is 104 Å². The highest BCUT2D eigenvalue weighted by Crippen LogP contribution is 2.41. The second kappa shape index (κ2) is 4.94. The first-order chi connectivity index (χ1) is 7.76. The van der Waals surface area contributed by atoms with Crippen molar-refractivity contribution in [2.24, 2.45) is 0 Å². The Morgan fingerprint density at radius 2 is 2.06 bits per heavy atom. The van der Waals surface area contributed by atoms with Gasteiger partial charge in [-0.25, -0.2) is 4.79 Å². The maximum Gasteiger partial charge on any atom is 0.408 e. The summed E-state index contributed by atoms with van der Waals surface area (Å²) in [6, 6.07) is 0. The van der Waals surface area contributed by atoms with Crippen molar-refractivity contribution >= 4 is 6.09 Å². The summed E-state index contributed by atoms with van der Waals surface area (Å²) in [5.74, 6) is 0. The molecule has 0 aromatic rings. The van der Waals surface area contributed by atoms with E-state index in [-0.39, 0.29) is 11.6 Å². The molecule has 0 unspecified atom stereocenters. The van der Waals surface area contributed by atoms with Gasteiger partial charge in [-0.3, -0.25) is 0 Å². The molecule has 0 aromatic heterocycles. The van der Waals surface area contributed by atoms with E-state index >= 15 is 0 Å². The number of amides is 1. The molecule has 0 heterocycles. The van der Waals surface area contributed by atoms with Crippen molar-refractivity contribution in [2.75, 3.05) is 0 Å². The van der Waals surface area contributed by atoms with E-state index in [9.17, 15) is 4.79 Å². The summed E-state index contributed by atoms with van der Waals surface area (Å²) in [6.45, 7) is 11.5. The molecule has 1 amide bonds. The minimum absolute atomic E-state index is 0.112. The van der Waals surface area contributed by atoms with E-state index in [1.807, 2.05) is 39.8 Å². The van der Waals surface area contributed by atoms with Crippen molar-refractivity contribution in [3.05, 3.63) is 24.3 Å². The number of hydrogen-bond acceptors (Lipinski definition) is 2. The van der Waals surface area contributed by atoms with E-state index in [1.165, 1.54) is 0 Å². The second-order valence-corrected chi connectivity index (χ2v) is 5.74. The maximum absolute atomic E-state index is 11.7. The highest BCUT2D eigenvalue weighted by atomic mass is 16.6. The van der Waals surface area contributed by atoms with E-state index in [1.54, 1.807) is 0 Å². The largest absolute Gasteiger partial charge is 0.444 e. The molecule has 0 atom stereocenters. The molecule has 0 aromatic carbocycles. The Kier molecular flexibility index (Phi) is 4.02. The average Bonchev–Trinajstić information content (AvgIpc) is 2.80. The fraction of sp³-hybridized carbons (Fsp3) is 0.643. The Morgan fingerprint density at radius 1 is 1.47 bits per heavy atom. The molecule has 3 nitrogen and oxygen atoms in total. The molecule has 1 aliphatic carbocycles. The summed E-state index contributed by atoms with van der Waals surface area (Å²) in [5.41, 5.74) is 0.487. The summed E-state index contributed by atoms with van der Waals surface area (Å²) in [7, 11) is 0. The molecule has 3 heteroatoms. The maximum atomic E-state index is 11.7. The van der Waals surface area contributed by atoms with Crippen molar-refractivity contribution in [3.63, 3.8) is 0 Å². The van der Waals surface area contributed by atoms with Crippen LogP contribution >= 0.6 is 0 Å². The molecule has 1 saturated carbocycles. The number of alkyl carbamates (subject to hydrolysis) is 1. The van der Waals surface area contributed by atoms with Crippen molar-refractivity contribution in [3.8, 4) is 0 Å². The summed E-state index contributed by atoms with van der Waals surface area (Å²) in [5, 5.41) is 2.96. The third-order valence-corrected chi connectivity index (χ3v) is 2.59. The monoisotopic (exact) mass is 237 g/mol. The average molecular weight is 237 g/mol. The van der Waals surface area contributed by atoms with Gasteiger partial charge in [0, 0.05) is 5.54 Å². The molecule has 0 spiro atoms. The van der Waals surface area contributed by atoms with Gasteiger partial charge < -0.3 is 10.1 Å². The fourth-order valence-electron chi connectivity index (χ4n) is 1.75. The van der Waals surface area contributed by atoms with Crippen LogP contribution in [0.1, 0.15) is 47.0 Å². The molecule has 96 valence electrons. The van der Waals surface area contributed by atoms with E-state index in [2.05, 4.69) is 11.9 Å². The molecule has 1 N–H and O–H groups in total. The topological polar surface area (TPSA) is 38.3 Å². The fourth-order valence-corrected chi connectivity index (χ4v) is 1.75. The number of allylic oxidation sites excluding steroid dienone is 2. The zero-order valence-corrected chi connectivity index (χ0v) is 11.3. The molecule has 0 bridgehead atoms. The Balaban J connectivity index is 2.45. The van der Waals surface area contributed by atoms with Gasteiger partial charge in [0.05, 0.1) is 0 Å². The van der Waals surface area contributed by atoms with Gasteiger partial charge in [-0.15, -0.1) is 0 Å². The summed E-state index contributed by atoms with van der Waals surface area (Å²) >= 11 is 0. The number of carbonyl (C=O) groups excluding carboxylic acids is 1. The van der Waals surface area contributed by atoms with Crippen molar-refractivity contribution in [1.29, 1.82) is 0 Å². The van der Waals surface area contributed by atoms with Gasteiger partial charge in [0.15, 0.2) is 0 Å². The smallest absolute Gasteiger partial charge is 0.408 e. The van der Waals surface area contributed by atoms with Crippen molar-refractivity contribution < 1.29 is 9.53 Å². The lowest BCUT2D eigenvalue weighted by atomic mass is 10.1. The van der Waals surface area contributed by atoms with Crippen molar-refractivity contribution in [1.82, 2.24) is 5.32 Å². The Morgan fingerprint density at radius 3 is 2.47 bits per heavy atom. The van der Waals surface area contributed by atoms with E-state index in [4.69, 9.17) is 4.74 Å². The number of hydrogen-bond donors (Lipinski definition) is 1. The normalized spacial score (nSPS) is 17.9. The van der Waals surface area contributed by atoms with Crippen LogP contribution in [0.15, 0.2) is 24.3 Å². The predicted octanol–water partition coefficient (Wildman–Crippen LogP) is 3.57. The molecule has 17 heavy (non-hydrogen) atoms. The quantitative estimate of drug-likeness (QED) is 0.759.